The molecule has 5 amide bonds. The van der Waals surface area contributed by atoms with Crippen LogP contribution in [0.25, 0.3) is 33.4 Å². The summed E-state index contributed by atoms with van der Waals surface area (Å²) in [4.78, 5) is 87.8. The second kappa shape index (κ2) is 20.9. The average molecular weight is 999 g/mol. The number of carbonyl (C=O) groups excluding carboxylic acids is 5. The number of aryl methyl sites for hydroxylation is 1. The van der Waals surface area contributed by atoms with Crippen LogP contribution in [0.4, 0.5) is 4.79 Å². The number of fused-ring (bicyclic) bond motifs is 6. The summed E-state index contributed by atoms with van der Waals surface area (Å²) in [6, 6.07) is 12.9. The fourth-order valence-corrected chi connectivity index (χ4v) is 10.7. The Morgan fingerprint density at radius 1 is 1.04 bits per heavy atom. The van der Waals surface area contributed by atoms with Gasteiger partial charge in [0, 0.05) is 92.6 Å². The highest BCUT2D eigenvalue weighted by Gasteiger charge is 2.57. The third kappa shape index (κ3) is 10.6. The van der Waals surface area contributed by atoms with Gasteiger partial charge < -0.3 is 34.1 Å². The fraction of sp³-hybridized carbons (Fsp3) is 0.554. The Morgan fingerprint density at radius 2 is 1.79 bits per heavy atom. The van der Waals surface area contributed by atoms with Crippen molar-refractivity contribution in [3.63, 3.8) is 0 Å². The Hall–Kier alpha value is -6.35. The van der Waals surface area contributed by atoms with Gasteiger partial charge in [-0.15, -0.1) is 0 Å². The maximum atomic E-state index is 14.8. The van der Waals surface area contributed by atoms with Gasteiger partial charge >= 0.3 is 12.0 Å². The second-order valence-corrected chi connectivity index (χ2v) is 22.2. The van der Waals surface area contributed by atoms with Gasteiger partial charge in [-0.2, -0.15) is 0 Å². The van der Waals surface area contributed by atoms with Gasteiger partial charge in [0.2, 0.25) is 5.91 Å². The minimum atomic E-state index is -1.13. The number of rotatable bonds is 9. The van der Waals surface area contributed by atoms with Gasteiger partial charge in [-0.25, -0.2) is 10.2 Å². The first-order chi connectivity index (χ1) is 34.6. The van der Waals surface area contributed by atoms with Gasteiger partial charge in [0.25, 0.3) is 11.8 Å². The number of likely N-dealkylation sites (N-methyl/N-ethyl adjacent to an activating group) is 1. The van der Waals surface area contributed by atoms with Crippen molar-refractivity contribution in [2.75, 3.05) is 61.0 Å². The number of methoxy groups -OCH3 is 1. The normalized spacial score (nSPS) is 20.6. The number of cyclic esters (lactones) is 1. The molecule has 7 heterocycles. The first kappa shape index (κ1) is 53.0. The van der Waals surface area contributed by atoms with Crippen molar-refractivity contribution in [3.8, 4) is 34.4 Å². The number of carbonyl (C=O) groups is 5. The minimum Gasteiger partial charge on any atom is -0.464 e. The van der Waals surface area contributed by atoms with Crippen LogP contribution in [0.1, 0.15) is 97.7 Å². The molecular weight excluding hydrogens is 925 g/mol. The van der Waals surface area contributed by atoms with E-state index in [1.807, 2.05) is 77.9 Å². The summed E-state index contributed by atoms with van der Waals surface area (Å²) in [6.45, 7) is 18.3. The Balaban J connectivity index is 1.11. The molecule has 17 heteroatoms. The quantitative estimate of drug-likeness (QED) is 0.152. The van der Waals surface area contributed by atoms with Crippen molar-refractivity contribution in [1.29, 1.82) is 0 Å². The number of hydrogen-bond donors (Lipinski definition) is 2. The zero-order valence-electron chi connectivity index (χ0n) is 44.8. The van der Waals surface area contributed by atoms with Crippen LogP contribution in [-0.4, -0.2) is 159 Å². The molecule has 390 valence electrons. The van der Waals surface area contributed by atoms with Gasteiger partial charge in [0.15, 0.2) is 0 Å². The molecule has 3 fully saturated rings. The third-order valence-corrected chi connectivity index (χ3v) is 15.5. The van der Waals surface area contributed by atoms with Crippen LogP contribution in [0.2, 0.25) is 0 Å². The van der Waals surface area contributed by atoms with Crippen molar-refractivity contribution in [3.05, 3.63) is 71.7 Å². The van der Waals surface area contributed by atoms with E-state index < -0.39 is 52.4 Å². The smallest absolute Gasteiger partial charge is 0.324 e. The summed E-state index contributed by atoms with van der Waals surface area (Å²) in [7, 11) is 7.12. The van der Waals surface area contributed by atoms with Gasteiger partial charge in [-0.3, -0.25) is 39.1 Å². The molecule has 1 unspecified atom stereocenters. The molecule has 0 radical (unpaired) electrons. The molecule has 2 N–H and O–H groups in total. The third-order valence-electron chi connectivity index (χ3n) is 15.5. The van der Waals surface area contributed by atoms with E-state index in [0.717, 1.165) is 45.4 Å². The lowest BCUT2D eigenvalue weighted by atomic mass is 9.77. The van der Waals surface area contributed by atoms with E-state index in [2.05, 4.69) is 72.2 Å². The largest absolute Gasteiger partial charge is 0.464 e. The predicted molar refractivity (Wildman–Crippen MR) is 279 cm³/mol. The van der Waals surface area contributed by atoms with Gasteiger partial charge in [-0.1, -0.05) is 45.7 Å². The number of likely N-dealkylation sites (tertiary alicyclic amines) is 2. The van der Waals surface area contributed by atoms with E-state index in [-0.39, 0.29) is 37.0 Å². The van der Waals surface area contributed by atoms with E-state index >= 15 is 0 Å². The highest BCUT2D eigenvalue weighted by Crippen LogP contribution is 2.43. The van der Waals surface area contributed by atoms with Crippen LogP contribution in [0.3, 0.4) is 0 Å². The van der Waals surface area contributed by atoms with Crippen LogP contribution in [0.5, 0.6) is 0 Å². The monoisotopic (exact) mass is 999 g/mol. The number of urea groups is 1. The zero-order valence-corrected chi connectivity index (χ0v) is 44.8. The first-order valence-electron chi connectivity index (χ1n) is 25.8. The summed E-state index contributed by atoms with van der Waals surface area (Å²) >= 11 is 0. The average Bonchev–Trinajstić information content (AvgIpc) is 3.64. The SMILES string of the molecule is CCn1c(-c2cccnc2[C@H](C)OC)c2c3cc(ccc31)-c1cccc(n1)C[C@H](NC(=O)[C@H](C(C)C)N(C)C(=O)N1CCC13CN(C(=O)C#CC(C)(C)N(C)C)C3)C(=O)N1CCCC(N1)C(=O)OCC(C)(C)C2. The van der Waals surface area contributed by atoms with E-state index in [0.29, 0.717) is 63.4 Å². The summed E-state index contributed by atoms with van der Waals surface area (Å²) < 4.78 is 14.3. The summed E-state index contributed by atoms with van der Waals surface area (Å²) in [5.41, 5.74) is 8.71. The summed E-state index contributed by atoms with van der Waals surface area (Å²) in [6.07, 6.45) is 3.82. The summed E-state index contributed by atoms with van der Waals surface area (Å²) in [5.74, 6) is 3.83. The van der Waals surface area contributed by atoms with Crippen LogP contribution in [0.15, 0.2) is 54.7 Å². The molecule has 0 saturated carbocycles. The molecule has 4 aliphatic rings. The molecule has 4 atom stereocenters. The number of hydrazine groups is 1. The Morgan fingerprint density at radius 3 is 2.47 bits per heavy atom. The van der Waals surface area contributed by atoms with E-state index in [4.69, 9.17) is 19.4 Å². The number of pyridine rings is 2. The number of esters is 1. The lowest BCUT2D eigenvalue weighted by Gasteiger charge is -2.62. The van der Waals surface area contributed by atoms with Crippen LogP contribution < -0.4 is 10.7 Å². The van der Waals surface area contributed by atoms with Crippen molar-refractivity contribution in [1.82, 2.24) is 49.9 Å². The topological polar surface area (TPSA) is 175 Å². The van der Waals surface area contributed by atoms with Crippen LogP contribution in [-0.2, 0) is 48.0 Å². The number of amides is 5. The van der Waals surface area contributed by atoms with Crippen molar-refractivity contribution < 1.29 is 33.4 Å². The highest BCUT2D eigenvalue weighted by atomic mass is 16.5. The molecule has 17 nitrogen and oxygen atoms in total. The Bertz CT molecular complexity index is 2840. The molecule has 0 aliphatic carbocycles. The fourth-order valence-electron chi connectivity index (χ4n) is 10.7. The van der Waals surface area contributed by atoms with Gasteiger partial charge in [0.1, 0.15) is 18.1 Å². The first-order valence-corrected chi connectivity index (χ1v) is 25.8. The van der Waals surface area contributed by atoms with Crippen molar-refractivity contribution in [2.24, 2.45) is 11.3 Å². The number of nitrogens with one attached hydrogen (secondary N) is 2. The van der Waals surface area contributed by atoms with E-state index in [1.165, 1.54) is 9.91 Å². The lowest BCUT2D eigenvalue weighted by molar-refractivity contribution is -0.155. The Labute approximate surface area is 430 Å². The number of ether oxygens (including phenoxy) is 2. The molecule has 8 rings (SSSR count). The van der Waals surface area contributed by atoms with Crippen molar-refractivity contribution >= 4 is 40.6 Å². The maximum absolute atomic E-state index is 14.8. The molecule has 3 saturated heterocycles. The summed E-state index contributed by atoms with van der Waals surface area (Å²) in [5, 5.41) is 5.51. The van der Waals surface area contributed by atoms with Gasteiger partial charge in [-0.05, 0) is 121 Å². The van der Waals surface area contributed by atoms with Crippen molar-refractivity contribution in [2.45, 2.75) is 129 Å². The number of hydrogen-bond acceptors (Lipinski definition) is 11. The Kier molecular flexibility index (Phi) is 15.1. The lowest BCUT2D eigenvalue weighted by Crippen LogP contribution is -2.79. The predicted octanol–water partition coefficient (Wildman–Crippen LogP) is 5.85. The van der Waals surface area contributed by atoms with Gasteiger partial charge in [0.05, 0.1) is 40.9 Å². The van der Waals surface area contributed by atoms with Crippen LogP contribution in [0, 0.1) is 23.2 Å². The molecule has 1 aromatic carbocycles. The van der Waals surface area contributed by atoms with E-state index in [9.17, 15) is 24.0 Å². The second-order valence-electron chi connectivity index (χ2n) is 22.2. The number of aromatic nitrogens is 3. The zero-order chi connectivity index (χ0) is 52.7. The molecule has 73 heavy (non-hydrogen) atoms. The molecule has 1 spiro atoms. The molecule has 6 bridgehead atoms. The minimum absolute atomic E-state index is 0.0292. The standard InChI is InChI=1S/C56H74N10O7/c1-13-64-45-22-21-37-29-40(45)41(49(64)39-18-15-26-57-47(39)36(4)72-12)31-54(5,6)34-73-52(70)43-20-16-27-66(60-43)51(69)44(30-38-17-14-19-42(37)58-38)59-50(68)48(35(2)3)62(11)53(71)65-28-25-56(65)32-63(33-56)46(67)23-24-55(7,8)61(9)10/h14-15,17-19,21-22,26,29,35-36,43-44,48,60H,13,16,20,25,27-28,30-34H2,1-12H3,(H,59,68)/t36-,43?,44-,48-/m0/s1. The molecular formula is C56H74N10O7. The number of nitrogens with zero attached hydrogens (tertiary/aromatic N) is 8. The molecule has 4 aliphatic heterocycles. The molecule has 4 aromatic rings. The van der Waals surface area contributed by atoms with Crippen LogP contribution >= 0.6 is 0 Å². The highest BCUT2D eigenvalue weighted by molar-refractivity contribution is 5.97. The molecule has 3 aromatic heterocycles. The maximum Gasteiger partial charge on any atom is 0.324 e. The number of benzene rings is 1. The van der Waals surface area contributed by atoms with E-state index in [1.54, 1.807) is 30.2 Å².